The molecule has 0 saturated heterocycles. The Bertz CT molecular complexity index is 904. The van der Waals surface area contributed by atoms with E-state index in [0.717, 1.165) is 23.7 Å². The molecule has 0 bridgehead atoms. The van der Waals surface area contributed by atoms with Crippen molar-refractivity contribution in [1.82, 2.24) is 0 Å². The van der Waals surface area contributed by atoms with E-state index in [1.54, 1.807) is 16.5 Å². The molecule has 0 amide bonds. The standard InChI is InChI=1S/C23H24/c1-3-14-12-15(4-2)22-20-13-16-8-5-6-9-17(16)18-10-7-11-19(21(14)22)23(18)20/h5-11,13-15,21-22H,3-4,12H2,1-2H3. The molecule has 0 N–H and O–H groups in total. The van der Waals surface area contributed by atoms with E-state index in [0.29, 0.717) is 0 Å². The van der Waals surface area contributed by atoms with Crippen LogP contribution in [0.25, 0.3) is 21.5 Å². The predicted octanol–water partition coefficient (Wildman–Crippen LogP) is 6.63. The molecule has 0 radical (unpaired) electrons. The largest absolute Gasteiger partial charge is 0.0651 e. The van der Waals surface area contributed by atoms with Gasteiger partial charge in [0.25, 0.3) is 0 Å². The first kappa shape index (κ1) is 13.6. The summed E-state index contributed by atoms with van der Waals surface area (Å²) in [5, 5.41) is 5.92. The average Bonchev–Trinajstić information content (AvgIpc) is 3.13. The van der Waals surface area contributed by atoms with Gasteiger partial charge in [-0.05, 0) is 62.8 Å². The lowest BCUT2D eigenvalue weighted by molar-refractivity contribution is 0.452. The SMILES string of the molecule is CCC1CC(CC)C2c3cc4ccccc4c4cccc(c34)C12. The molecule has 3 aromatic rings. The maximum absolute atomic E-state index is 2.52. The lowest BCUT2D eigenvalue weighted by atomic mass is 9.83. The molecule has 23 heavy (non-hydrogen) atoms. The van der Waals surface area contributed by atoms with Crippen molar-refractivity contribution in [2.75, 3.05) is 0 Å². The van der Waals surface area contributed by atoms with Gasteiger partial charge in [0, 0.05) is 0 Å². The Hall–Kier alpha value is -1.82. The van der Waals surface area contributed by atoms with Crippen LogP contribution in [-0.4, -0.2) is 0 Å². The minimum absolute atomic E-state index is 0.759. The van der Waals surface area contributed by atoms with E-state index < -0.39 is 0 Å². The summed E-state index contributed by atoms with van der Waals surface area (Å²) >= 11 is 0. The van der Waals surface area contributed by atoms with Crippen LogP contribution in [0.5, 0.6) is 0 Å². The monoisotopic (exact) mass is 300 g/mol. The third-order valence-corrected chi connectivity index (χ3v) is 6.72. The zero-order chi connectivity index (χ0) is 15.6. The Morgan fingerprint density at radius 2 is 1.48 bits per heavy atom. The van der Waals surface area contributed by atoms with Gasteiger partial charge in [-0.15, -0.1) is 0 Å². The maximum Gasteiger partial charge on any atom is -0.00554 e. The molecular formula is C23H24. The Kier molecular flexibility index (Phi) is 2.86. The summed E-state index contributed by atoms with van der Waals surface area (Å²) in [4.78, 5) is 0. The summed E-state index contributed by atoms with van der Waals surface area (Å²) in [6, 6.07) is 18.5. The third kappa shape index (κ3) is 1.67. The number of fused-ring (bicyclic) bond motifs is 5. The first-order chi connectivity index (χ1) is 11.3. The van der Waals surface area contributed by atoms with Gasteiger partial charge in [0.1, 0.15) is 0 Å². The number of hydrogen-bond donors (Lipinski definition) is 0. The first-order valence-electron chi connectivity index (χ1n) is 9.27. The van der Waals surface area contributed by atoms with Crippen molar-refractivity contribution in [3.63, 3.8) is 0 Å². The highest BCUT2D eigenvalue weighted by atomic mass is 14.5. The van der Waals surface area contributed by atoms with E-state index in [2.05, 4.69) is 62.4 Å². The lowest BCUT2D eigenvalue weighted by Crippen LogP contribution is -2.08. The highest BCUT2D eigenvalue weighted by Crippen LogP contribution is 2.62. The molecule has 0 spiro atoms. The molecule has 4 unspecified atom stereocenters. The lowest BCUT2D eigenvalue weighted by Gasteiger charge is -2.20. The highest BCUT2D eigenvalue weighted by molar-refractivity contribution is 6.11. The van der Waals surface area contributed by atoms with Crippen LogP contribution in [-0.2, 0) is 0 Å². The molecule has 2 aliphatic rings. The van der Waals surface area contributed by atoms with Gasteiger partial charge in [0.05, 0.1) is 0 Å². The molecule has 0 heterocycles. The maximum atomic E-state index is 2.52. The number of rotatable bonds is 2. The molecule has 4 atom stereocenters. The number of benzene rings is 3. The van der Waals surface area contributed by atoms with Crippen LogP contribution < -0.4 is 0 Å². The smallest absolute Gasteiger partial charge is 0.00554 e. The van der Waals surface area contributed by atoms with Gasteiger partial charge in [-0.25, -0.2) is 0 Å². The van der Waals surface area contributed by atoms with E-state index in [9.17, 15) is 0 Å². The Morgan fingerprint density at radius 3 is 2.26 bits per heavy atom. The second kappa shape index (κ2) is 4.84. The minimum atomic E-state index is 0.759. The molecule has 1 fully saturated rings. The molecule has 1 saturated carbocycles. The fourth-order valence-corrected chi connectivity index (χ4v) is 5.77. The van der Waals surface area contributed by atoms with E-state index in [1.165, 1.54) is 35.4 Å². The highest BCUT2D eigenvalue weighted by Gasteiger charge is 2.47. The summed E-state index contributed by atoms with van der Waals surface area (Å²) < 4.78 is 0. The van der Waals surface area contributed by atoms with Crippen molar-refractivity contribution in [2.24, 2.45) is 11.8 Å². The van der Waals surface area contributed by atoms with Crippen molar-refractivity contribution in [3.8, 4) is 0 Å². The van der Waals surface area contributed by atoms with Gasteiger partial charge < -0.3 is 0 Å². The molecule has 2 aliphatic carbocycles. The van der Waals surface area contributed by atoms with Crippen molar-refractivity contribution in [1.29, 1.82) is 0 Å². The normalized spacial score (nSPS) is 28.6. The van der Waals surface area contributed by atoms with E-state index in [1.807, 2.05) is 0 Å². The molecule has 116 valence electrons. The zero-order valence-electron chi connectivity index (χ0n) is 14.0. The third-order valence-electron chi connectivity index (χ3n) is 6.72. The topological polar surface area (TPSA) is 0 Å². The zero-order valence-corrected chi connectivity index (χ0v) is 14.0. The molecule has 0 aromatic heterocycles. The second-order valence-electron chi connectivity index (χ2n) is 7.58. The summed E-state index contributed by atoms with van der Waals surface area (Å²) in [6.45, 7) is 4.78. The first-order valence-corrected chi connectivity index (χ1v) is 9.27. The van der Waals surface area contributed by atoms with Crippen LogP contribution in [0.1, 0.15) is 56.1 Å². The average molecular weight is 300 g/mol. The van der Waals surface area contributed by atoms with E-state index in [-0.39, 0.29) is 0 Å². The summed E-state index contributed by atoms with van der Waals surface area (Å²) in [6.07, 6.45) is 4.06. The Morgan fingerprint density at radius 1 is 0.783 bits per heavy atom. The fraction of sp³-hybridized carbons (Fsp3) is 0.391. The predicted molar refractivity (Wildman–Crippen MR) is 99.1 cm³/mol. The van der Waals surface area contributed by atoms with Gasteiger partial charge in [-0.2, -0.15) is 0 Å². The van der Waals surface area contributed by atoms with Crippen LogP contribution >= 0.6 is 0 Å². The summed E-state index contributed by atoms with van der Waals surface area (Å²) in [7, 11) is 0. The molecule has 0 aliphatic heterocycles. The summed E-state index contributed by atoms with van der Waals surface area (Å²) in [5.41, 5.74) is 3.30. The van der Waals surface area contributed by atoms with Gasteiger partial charge in [0.15, 0.2) is 0 Å². The molecular weight excluding hydrogens is 276 g/mol. The van der Waals surface area contributed by atoms with Crippen molar-refractivity contribution in [3.05, 3.63) is 59.7 Å². The Balaban J connectivity index is 1.88. The van der Waals surface area contributed by atoms with Crippen LogP contribution in [0.4, 0.5) is 0 Å². The molecule has 5 rings (SSSR count). The Labute approximate surface area is 138 Å². The van der Waals surface area contributed by atoms with Crippen molar-refractivity contribution in [2.45, 2.75) is 44.9 Å². The quantitative estimate of drug-likeness (QED) is 0.466. The minimum Gasteiger partial charge on any atom is -0.0651 e. The van der Waals surface area contributed by atoms with Crippen LogP contribution in [0.3, 0.4) is 0 Å². The van der Waals surface area contributed by atoms with Crippen LogP contribution in [0, 0.1) is 11.8 Å². The van der Waals surface area contributed by atoms with E-state index in [4.69, 9.17) is 0 Å². The van der Waals surface area contributed by atoms with Gasteiger partial charge in [-0.1, -0.05) is 75.2 Å². The fourth-order valence-electron chi connectivity index (χ4n) is 5.77. The van der Waals surface area contributed by atoms with E-state index >= 15 is 0 Å². The van der Waals surface area contributed by atoms with Gasteiger partial charge in [-0.3, -0.25) is 0 Å². The van der Waals surface area contributed by atoms with Crippen LogP contribution in [0.2, 0.25) is 0 Å². The summed E-state index contributed by atoms with van der Waals surface area (Å²) in [5.74, 6) is 3.25. The second-order valence-corrected chi connectivity index (χ2v) is 7.58. The molecule has 0 heteroatoms. The molecule has 0 nitrogen and oxygen atoms in total. The van der Waals surface area contributed by atoms with Crippen molar-refractivity contribution < 1.29 is 0 Å². The van der Waals surface area contributed by atoms with Gasteiger partial charge in [0.2, 0.25) is 0 Å². The van der Waals surface area contributed by atoms with Gasteiger partial charge >= 0.3 is 0 Å². The van der Waals surface area contributed by atoms with Crippen molar-refractivity contribution >= 4 is 21.5 Å². The molecule has 3 aromatic carbocycles. The number of hydrogen-bond acceptors (Lipinski definition) is 0. The van der Waals surface area contributed by atoms with Crippen LogP contribution in [0.15, 0.2) is 48.5 Å².